The van der Waals surface area contributed by atoms with Gasteiger partial charge < -0.3 is 5.32 Å². The van der Waals surface area contributed by atoms with E-state index in [0.717, 1.165) is 10.7 Å². The van der Waals surface area contributed by atoms with Gasteiger partial charge in [-0.25, -0.2) is 0 Å². The predicted octanol–water partition coefficient (Wildman–Crippen LogP) is 2.07. The molecule has 2 heterocycles. The molecule has 2 aliphatic rings. The van der Waals surface area contributed by atoms with Crippen LogP contribution in [0.1, 0.15) is 6.42 Å². The summed E-state index contributed by atoms with van der Waals surface area (Å²) in [5, 5.41) is 3.10. The van der Waals surface area contributed by atoms with Crippen LogP contribution in [0.2, 0.25) is 0 Å². The second kappa shape index (κ2) is 2.64. The normalized spacial score (nSPS) is 29.5. The summed E-state index contributed by atoms with van der Waals surface area (Å²) in [6.45, 7) is 3.84. The average Bonchev–Trinajstić information content (AvgIpc) is 2.34. The molecule has 0 radical (unpaired) electrons. The summed E-state index contributed by atoms with van der Waals surface area (Å²) in [6, 6.07) is 0. The lowest BCUT2D eigenvalue weighted by Crippen LogP contribution is -2.30. The molecule has 0 aromatic carbocycles. The molecule has 2 aliphatic heterocycles. The highest BCUT2D eigenvalue weighted by atomic mass is 32.2. The van der Waals surface area contributed by atoms with E-state index in [1.807, 2.05) is 11.8 Å². The molecule has 11 heavy (non-hydrogen) atoms. The van der Waals surface area contributed by atoms with Crippen molar-refractivity contribution in [2.75, 3.05) is 5.75 Å². The fourth-order valence-electron chi connectivity index (χ4n) is 1.39. The fraction of sp³-hybridized carbons (Fsp3) is 0.375. The third-order valence-electron chi connectivity index (χ3n) is 1.94. The Hall–Kier alpha value is -0.280. The minimum absolute atomic E-state index is 0.500. The van der Waals surface area contributed by atoms with E-state index in [0.29, 0.717) is 5.92 Å². The number of hydrogen-bond donors (Lipinski definition) is 1. The lowest BCUT2D eigenvalue weighted by atomic mass is 10.0. The Morgan fingerprint density at radius 3 is 3.36 bits per heavy atom. The maximum Gasteiger partial charge on any atom is 0.0878 e. The van der Waals surface area contributed by atoms with Crippen LogP contribution in [-0.2, 0) is 0 Å². The molecule has 0 aromatic heterocycles. The molecule has 0 aliphatic carbocycles. The highest BCUT2D eigenvalue weighted by Gasteiger charge is 2.28. The van der Waals surface area contributed by atoms with E-state index in [-0.39, 0.29) is 0 Å². The molecule has 1 saturated heterocycles. The molecule has 3 heteroatoms. The zero-order valence-electron chi connectivity index (χ0n) is 6.09. The highest BCUT2D eigenvalue weighted by molar-refractivity contribution is 8.03. The molecule has 0 bridgehead atoms. The molecular weight excluding hydrogens is 174 g/mol. The van der Waals surface area contributed by atoms with Crippen molar-refractivity contribution >= 4 is 29.0 Å². The van der Waals surface area contributed by atoms with E-state index in [2.05, 4.69) is 18.0 Å². The summed E-state index contributed by atoms with van der Waals surface area (Å²) in [6.07, 6.45) is 3.30. The van der Waals surface area contributed by atoms with Gasteiger partial charge in [0.25, 0.3) is 0 Å². The van der Waals surface area contributed by atoms with Crippen molar-refractivity contribution in [2.45, 2.75) is 6.42 Å². The molecule has 0 spiro atoms. The zero-order chi connectivity index (χ0) is 7.84. The number of allylic oxidation sites excluding steroid dienone is 1. The van der Waals surface area contributed by atoms with Crippen LogP contribution in [0, 0.1) is 5.92 Å². The van der Waals surface area contributed by atoms with Crippen LogP contribution in [0.25, 0.3) is 0 Å². The van der Waals surface area contributed by atoms with E-state index in [4.69, 9.17) is 12.2 Å². The third-order valence-corrected chi connectivity index (χ3v) is 3.50. The van der Waals surface area contributed by atoms with Gasteiger partial charge in [-0.3, -0.25) is 0 Å². The standard InChI is InChI=1S/C8H9NS2/c1-5-4-7-6(2-3-11-7)8(10)9-5/h4,6H,1-3H2,(H,9,10). The average molecular weight is 183 g/mol. The first-order chi connectivity index (χ1) is 5.27. The van der Waals surface area contributed by atoms with Gasteiger partial charge in [0.1, 0.15) is 0 Å². The molecule has 1 unspecified atom stereocenters. The van der Waals surface area contributed by atoms with E-state index in [1.54, 1.807) is 0 Å². The molecule has 0 aromatic rings. The molecule has 1 N–H and O–H groups in total. The van der Waals surface area contributed by atoms with Gasteiger partial charge in [-0.05, 0) is 23.2 Å². The van der Waals surface area contributed by atoms with Gasteiger partial charge in [0, 0.05) is 11.6 Å². The summed E-state index contributed by atoms with van der Waals surface area (Å²) in [4.78, 5) is 2.36. The van der Waals surface area contributed by atoms with Gasteiger partial charge in [0.15, 0.2) is 0 Å². The van der Waals surface area contributed by atoms with Crippen LogP contribution in [-0.4, -0.2) is 10.7 Å². The minimum atomic E-state index is 0.500. The Morgan fingerprint density at radius 2 is 2.55 bits per heavy atom. The lowest BCUT2D eigenvalue weighted by molar-refractivity contribution is 0.810. The molecule has 58 valence electrons. The number of fused-ring (bicyclic) bond motifs is 1. The van der Waals surface area contributed by atoms with Crippen molar-refractivity contribution in [3.8, 4) is 0 Å². The number of rotatable bonds is 0. The predicted molar refractivity (Wildman–Crippen MR) is 53.5 cm³/mol. The lowest BCUT2D eigenvalue weighted by Gasteiger charge is -2.20. The van der Waals surface area contributed by atoms with Gasteiger partial charge in [-0.15, -0.1) is 11.8 Å². The maximum absolute atomic E-state index is 5.19. The first-order valence-corrected chi connectivity index (χ1v) is 5.01. The summed E-state index contributed by atoms with van der Waals surface area (Å²) >= 11 is 7.10. The van der Waals surface area contributed by atoms with E-state index >= 15 is 0 Å². The van der Waals surface area contributed by atoms with Crippen LogP contribution in [0.4, 0.5) is 0 Å². The van der Waals surface area contributed by atoms with Crippen LogP contribution < -0.4 is 5.32 Å². The topological polar surface area (TPSA) is 12.0 Å². The summed E-state index contributed by atoms with van der Waals surface area (Å²) in [5.41, 5.74) is 0.940. The summed E-state index contributed by atoms with van der Waals surface area (Å²) < 4.78 is 0. The molecular formula is C8H9NS2. The Bertz CT molecular complexity index is 255. The Morgan fingerprint density at radius 1 is 1.73 bits per heavy atom. The van der Waals surface area contributed by atoms with Gasteiger partial charge in [-0.1, -0.05) is 18.8 Å². The van der Waals surface area contributed by atoms with E-state index in [1.165, 1.54) is 17.1 Å². The third kappa shape index (κ3) is 1.23. The molecule has 1 nitrogen and oxygen atoms in total. The number of thioether (sulfide) groups is 1. The van der Waals surface area contributed by atoms with Gasteiger partial charge >= 0.3 is 0 Å². The van der Waals surface area contributed by atoms with Gasteiger partial charge in [0.2, 0.25) is 0 Å². The minimum Gasteiger partial charge on any atom is -0.350 e. The smallest absolute Gasteiger partial charge is 0.0878 e. The van der Waals surface area contributed by atoms with Crippen molar-refractivity contribution in [3.05, 3.63) is 23.3 Å². The molecule has 0 saturated carbocycles. The monoisotopic (exact) mass is 183 g/mol. The maximum atomic E-state index is 5.19. The second-order valence-corrected chi connectivity index (χ2v) is 4.36. The van der Waals surface area contributed by atoms with Crippen LogP contribution in [0.15, 0.2) is 23.3 Å². The number of hydrogen-bond acceptors (Lipinski definition) is 2. The highest BCUT2D eigenvalue weighted by Crippen LogP contribution is 2.39. The van der Waals surface area contributed by atoms with Crippen molar-refractivity contribution in [1.82, 2.24) is 5.32 Å². The number of thiocarbonyl (C=S) groups is 1. The Kier molecular flexibility index (Phi) is 1.77. The molecule has 0 amide bonds. The molecule has 2 rings (SSSR count). The fourth-order valence-corrected chi connectivity index (χ4v) is 3.10. The van der Waals surface area contributed by atoms with Crippen molar-refractivity contribution < 1.29 is 0 Å². The SMILES string of the molecule is C=C1C=C2SCCC2C(=S)N1. The van der Waals surface area contributed by atoms with Gasteiger partial charge in [-0.2, -0.15) is 0 Å². The van der Waals surface area contributed by atoms with E-state index < -0.39 is 0 Å². The molecule has 1 atom stereocenters. The first-order valence-electron chi connectivity index (χ1n) is 3.61. The van der Waals surface area contributed by atoms with Crippen molar-refractivity contribution in [1.29, 1.82) is 0 Å². The largest absolute Gasteiger partial charge is 0.350 e. The molecule has 1 fully saturated rings. The van der Waals surface area contributed by atoms with Crippen LogP contribution >= 0.6 is 24.0 Å². The quantitative estimate of drug-likeness (QED) is 0.577. The second-order valence-electron chi connectivity index (χ2n) is 2.75. The van der Waals surface area contributed by atoms with Crippen LogP contribution in [0.3, 0.4) is 0 Å². The Balaban J connectivity index is 2.34. The van der Waals surface area contributed by atoms with Crippen molar-refractivity contribution in [3.63, 3.8) is 0 Å². The first kappa shape index (κ1) is 7.37. The number of nitrogens with one attached hydrogen (secondary N) is 1. The van der Waals surface area contributed by atoms with Gasteiger partial charge in [0.05, 0.1) is 4.99 Å². The van der Waals surface area contributed by atoms with Crippen LogP contribution in [0.5, 0.6) is 0 Å². The summed E-state index contributed by atoms with van der Waals surface area (Å²) in [5.74, 6) is 1.70. The van der Waals surface area contributed by atoms with Crippen molar-refractivity contribution in [2.24, 2.45) is 5.92 Å². The van der Waals surface area contributed by atoms with E-state index in [9.17, 15) is 0 Å². The zero-order valence-corrected chi connectivity index (χ0v) is 7.73. The summed E-state index contributed by atoms with van der Waals surface area (Å²) in [7, 11) is 0. The Labute approximate surface area is 75.9 Å².